The minimum atomic E-state index is 0.244. The molecule has 1 aliphatic carbocycles. The molecule has 1 aliphatic heterocycles. The fourth-order valence-electron chi connectivity index (χ4n) is 3.85. The van der Waals surface area contributed by atoms with Crippen molar-refractivity contribution in [3.05, 3.63) is 29.6 Å². The summed E-state index contributed by atoms with van der Waals surface area (Å²) in [4.78, 5) is 4.47. The minimum Gasteiger partial charge on any atom is -0.377 e. The highest BCUT2D eigenvalue weighted by Crippen LogP contribution is 2.51. The Hall–Kier alpha value is -0.930. The fourth-order valence-corrected chi connectivity index (χ4v) is 3.85. The zero-order valence-corrected chi connectivity index (χ0v) is 12.1. The highest BCUT2D eigenvalue weighted by Gasteiger charge is 2.57. The first-order valence-corrected chi connectivity index (χ1v) is 7.36. The lowest BCUT2D eigenvalue weighted by Crippen LogP contribution is -2.69. The first-order chi connectivity index (χ1) is 9.10. The maximum Gasteiger partial charge on any atom is 0.0684 e. The van der Waals surface area contributed by atoms with Crippen molar-refractivity contribution in [3.8, 4) is 0 Å². The van der Waals surface area contributed by atoms with Crippen molar-refractivity contribution in [1.29, 1.82) is 0 Å². The number of ether oxygens (including phenoxy) is 1. The Kier molecular flexibility index (Phi) is 3.35. The lowest BCUT2D eigenvalue weighted by atomic mass is 9.55. The summed E-state index contributed by atoms with van der Waals surface area (Å²) in [6.45, 7) is 8.58. The number of aromatic nitrogens is 1. The lowest BCUT2D eigenvalue weighted by molar-refractivity contribution is -0.193. The van der Waals surface area contributed by atoms with Gasteiger partial charge in [0.15, 0.2) is 0 Å². The molecular weight excluding hydrogens is 236 g/mol. The maximum absolute atomic E-state index is 5.94. The van der Waals surface area contributed by atoms with Gasteiger partial charge in [0.05, 0.1) is 11.8 Å². The average Bonchev–Trinajstić information content (AvgIpc) is 2.41. The van der Waals surface area contributed by atoms with Crippen LogP contribution in [0.2, 0.25) is 0 Å². The Bertz CT molecular complexity index is 458. The molecule has 0 spiro atoms. The molecule has 3 heteroatoms. The molecule has 3 unspecified atom stereocenters. The second-order valence-corrected chi connectivity index (χ2v) is 6.54. The Morgan fingerprint density at radius 3 is 3.11 bits per heavy atom. The predicted molar refractivity (Wildman–Crippen MR) is 75.8 cm³/mol. The molecule has 0 amide bonds. The monoisotopic (exact) mass is 260 g/mol. The molecule has 1 aromatic rings. The number of hydrogen-bond acceptors (Lipinski definition) is 3. The number of pyridine rings is 1. The average molecular weight is 260 g/mol. The quantitative estimate of drug-likeness (QED) is 0.907. The number of rotatable bonds is 3. The van der Waals surface area contributed by atoms with Gasteiger partial charge in [0.2, 0.25) is 0 Å². The Morgan fingerprint density at radius 1 is 1.47 bits per heavy atom. The molecule has 3 nitrogen and oxygen atoms in total. The maximum atomic E-state index is 5.94. The van der Waals surface area contributed by atoms with Gasteiger partial charge in [0.25, 0.3) is 0 Å². The van der Waals surface area contributed by atoms with E-state index in [1.165, 1.54) is 24.1 Å². The number of hydrogen-bond donors (Lipinski definition) is 1. The predicted octanol–water partition coefficient (Wildman–Crippen LogP) is 2.68. The van der Waals surface area contributed by atoms with Crippen LogP contribution in [-0.4, -0.2) is 23.7 Å². The summed E-state index contributed by atoms with van der Waals surface area (Å²) in [5, 5.41) is 3.72. The molecule has 0 bridgehead atoms. The number of nitrogens with zero attached hydrogens (tertiary/aromatic N) is 1. The lowest BCUT2D eigenvalue weighted by Gasteiger charge is -2.60. The van der Waals surface area contributed by atoms with Crippen LogP contribution in [0.25, 0.3) is 0 Å². The van der Waals surface area contributed by atoms with Crippen LogP contribution in [0.3, 0.4) is 0 Å². The van der Waals surface area contributed by atoms with Gasteiger partial charge in [-0.3, -0.25) is 4.98 Å². The first-order valence-electron chi connectivity index (χ1n) is 7.36. The second kappa shape index (κ2) is 4.88. The van der Waals surface area contributed by atoms with Crippen molar-refractivity contribution in [3.63, 3.8) is 0 Å². The molecule has 1 saturated heterocycles. The van der Waals surface area contributed by atoms with Crippen molar-refractivity contribution in [2.45, 2.75) is 52.3 Å². The van der Waals surface area contributed by atoms with Gasteiger partial charge < -0.3 is 10.1 Å². The highest BCUT2D eigenvalue weighted by molar-refractivity contribution is 5.18. The van der Waals surface area contributed by atoms with Crippen LogP contribution in [0.5, 0.6) is 0 Å². The van der Waals surface area contributed by atoms with Gasteiger partial charge in [0, 0.05) is 36.7 Å². The summed E-state index contributed by atoms with van der Waals surface area (Å²) in [5.74, 6) is 0.688. The van der Waals surface area contributed by atoms with Crippen LogP contribution < -0.4 is 5.32 Å². The SMILES string of the molecule is Cc1cccnc1CNC1C2CCCOC2C1(C)C. The highest BCUT2D eigenvalue weighted by atomic mass is 16.5. The van der Waals surface area contributed by atoms with Gasteiger partial charge in [0.1, 0.15) is 0 Å². The van der Waals surface area contributed by atoms with Crippen LogP contribution >= 0.6 is 0 Å². The summed E-state index contributed by atoms with van der Waals surface area (Å²) in [7, 11) is 0. The van der Waals surface area contributed by atoms with E-state index in [2.05, 4.69) is 37.1 Å². The molecule has 0 aromatic carbocycles. The molecule has 3 atom stereocenters. The van der Waals surface area contributed by atoms with E-state index < -0.39 is 0 Å². The molecule has 3 rings (SSSR count). The zero-order valence-electron chi connectivity index (χ0n) is 12.1. The van der Waals surface area contributed by atoms with Crippen LogP contribution in [-0.2, 0) is 11.3 Å². The zero-order chi connectivity index (χ0) is 13.5. The summed E-state index contributed by atoms with van der Waals surface area (Å²) >= 11 is 0. The largest absolute Gasteiger partial charge is 0.377 e. The summed E-state index contributed by atoms with van der Waals surface area (Å²) in [5.41, 5.74) is 2.68. The molecule has 1 aromatic heterocycles. The van der Waals surface area contributed by atoms with Gasteiger partial charge in [-0.05, 0) is 31.4 Å². The van der Waals surface area contributed by atoms with Gasteiger partial charge in [-0.15, -0.1) is 0 Å². The van der Waals surface area contributed by atoms with Crippen molar-refractivity contribution in [2.75, 3.05) is 6.61 Å². The number of nitrogens with one attached hydrogen (secondary N) is 1. The molecule has 2 fully saturated rings. The van der Waals surface area contributed by atoms with E-state index in [0.29, 0.717) is 18.1 Å². The van der Waals surface area contributed by atoms with E-state index >= 15 is 0 Å². The van der Waals surface area contributed by atoms with Crippen molar-refractivity contribution in [2.24, 2.45) is 11.3 Å². The van der Waals surface area contributed by atoms with Crippen LogP contribution in [0.1, 0.15) is 37.9 Å². The van der Waals surface area contributed by atoms with E-state index in [1.54, 1.807) is 0 Å². The van der Waals surface area contributed by atoms with E-state index in [4.69, 9.17) is 4.74 Å². The van der Waals surface area contributed by atoms with Gasteiger partial charge in [-0.1, -0.05) is 19.9 Å². The smallest absolute Gasteiger partial charge is 0.0684 e. The van der Waals surface area contributed by atoms with Crippen molar-refractivity contribution < 1.29 is 4.74 Å². The van der Waals surface area contributed by atoms with Gasteiger partial charge in [-0.25, -0.2) is 0 Å². The van der Waals surface area contributed by atoms with E-state index in [9.17, 15) is 0 Å². The topological polar surface area (TPSA) is 34.2 Å². The number of fused-ring (bicyclic) bond motifs is 1. The molecule has 104 valence electrons. The molecule has 1 saturated carbocycles. The Balaban J connectivity index is 1.65. The molecular formula is C16H24N2O. The normalized spacial score (nSPS) is 32.5. The Labute approximate surface area is 115 Å². The van der Waals surface area contributed by atoms with Crippen molar-refractivity contribution >= 4 is 0 Å². The summed E-state index contributed by atoms with van der Waals surface area (Å²) in [6.07, 6.45) is 4.83. The van der Waals surface area contributed by atoms with Gasteiger partial charge in [-0.2, -0.15) is 0 Å². The standard InChI is InChI=1S/C16H24N2O/c1-11-6-4-8-17-13(11)10-18-14-12-7-5-9-19-15(12)16(14,2)3/h4,6,8,12,14-15,18H,5,7,9-10H2,1-3H3. The molecule has 19 heavy (non-hydrogen) atoms. The third-order valence-electron chi connectivity index (χ3n) is 4.94. The third kappa shape index (κ3) is 2.19. The van der Waals surface area contributed by atoms with Crippen molar-refractivity contribution in [1.82, 2.24) is 10.3 Å². The molecule has 2 heterocycles. The fraction of sp³-hybridized carbons (Fsp3) is 0.688. The van der Waals surface area contributed by atoms with Crippen LogP contribution in [0.4, 0.5) is 0 Å². The second-order valence-electron chi connectivity index (χ2n) is 6.54. The van der Waals surface area contributed by atoms with Crippen LogP contribution in [0.15, 0.2) is 18.3 Å². The summed E-state index contributed by atoms with van der Waals surface area (Å²) in [6, 6.07) is 4.68. The molecule has 0 radical (unpaired) electrons. The molecule has 1 N–H and O–H groups in total. The first kappa shape index (κ1) is 13.1. The van der Waals surface area contributed by atoms with Gasteiger partial charge >= 0.3 is 0 Å². The number of aryl methyl sites for hydroxylation is 1. The minimum absolute atomic E-state index is 0.244. The van der Waals surface area contributed by atoms with Crippen LogP contribution in [0, 0.1) is 18.3 Å². The molecule has 2 aliphatic rings. The van der Waals surface area contributed by atoms with E-state index in [-0.39, 0.29) is 5.41 Å². The van der Waals surface area contributed by atoms with E-state index in [1.807, 2.05) is 12.3 Å². The summed E-state index contributed by atoms with van der Waals surface area (Å²) < 4.78 is 5.94. The Morgan fingerprint density at radius 2 is 2.32 bits per heavy atom. The van der Waals surface area contributed by atoms with E-state index in [0.717, 1.165) is 13.2 Å². The third-order valence-corrected chi connectivity index (χ3v) is 4.94.